The van der Waals surface area contributed by atoms with E-state index in [2.05, 4.69) is 18.2 Å². The van der Waals surface area contributed by atoms with Gasteiger partial charge in [-0.05, 0) is 16.3 Å². The van der Waals surface area contributed by atoms with Crippen molar-refractivity contribution in [1.82, 2.24) is 0 Å². The zero-order valence-corrected chi connectivity index (χ0v) is 7.81. The highest BCUT2D eigenvalue weighted by molar-refractivity contribution is 5.90. The third kappa shape index (κ3) is 1.68. The molecule has 2 aromatic rings. The van der Waals surface area contributed by atoms with E-state index < -0.39 is 0 Å². The maximum atomic E-state index is 10.4. The first kappa shape index (κ1) is 8.97. The molecule has 0 bridgehead atoms. The number of hydrogen-bond donors (Lipinski definition) is 0. The van der Waals surface area contributed by atoms with Gasteiger partial charge in [0.2, 0.25) is 0 Å². The second-order valence-electron chi connectivity index (χ2n) is 3.14. The monoisotopic (exact) mass is 183 g/mol. The van der Waals surface area contributed by atoms with Gasteiger partial charge < -0.3 is 0 Å². The second kappa shape index (κ2) is 4.07. The lowest BCUT2D eigenvalue weighted by Gasteiger charge is -2.00. The van der Waals surface area contributed by atoms with Crippen LogP contribution in [0, 0.1) is 0 Å². The largest absolute Gasteiger partial charge is 0.232 e. The molecule has 1 radical (unpaired) electrons. The predicted octanol–water partition coefficient (Wildman–Crippen LogP) is 3.28. The van der Waals surface area contributed by atoms with E-state index in [0.29, 0.717) is 0 Å². The molecule has 0 saturated heterocycles. The highest BCUT2D eigenvalue weighted by atomic mass is 16.2. The molecule has 0 unspecified atom stereocenters. The Kier molecular flexibility index (Phi) is 2.61. The van der Waals surface area contributed by atoms with E-state index in [1.165, 1.54) is 10.8 Å². The Bertz CT molecular complexity index is 452. The van der Waals surface area contributed by atoms with Crippen LogP contribution in [-0.4, -0.2) is 6.61 Å². The van der Waals surface area contributed by atoms with Crippen molar-refractivity contribution < 1.29 is 5.11 Å². The Balaban J connectivity index is 2.59. The summed E-state index contributed by atoms with van der Waals surface area (Å²) in [5, 5.41) is 12.8. The Morgan fingerprint density at radius 2 is 1.79 bits per heavy atom. The van der Waals surface area contributed by atoms with Gasteiger partial charge in [-0.1, -0.05) is 54.6 Å². The molecule has 0 aliphatic rings. The molecule has 0 spiro atoms. The van der Waals surface area contributed by atoms with Crippen molar-refractivity contribution >= 4 is 16.8 Å². The fourth-order valence-electron chi connectivity index (χ4n) is 1.57. The summed E-state index contributed by atoms with van der Waals surface area (Å²) in [6.45, 7) is -0.163. The van der Waals surface area contributed by atoms with Gasteiger partial charge in [-0.15, -0.1) is 0 Å². The van der Waals surface area contributed by atoms with Crippen molar-refractivity contribution in [3.63, 3.8) is 0 Å². The van der Waals surface area contributed by atoms with Gasteiger partial charge in [0.25, 0.3) is 0 Å². The maximum absolute atomic E-state index is 10.4. The highest BCUT2D eigenvalue weighted by Crippen LogP contribution is 2.19. The zero-order valence-electron chi connectivity index (χ0n) is 7.81. The molecule has 0 aromatic heterocycles. The molecule has 14 heavy (non-hydrogen) atoms. The van der Waals surface area contributed by atoms with Crippen LogP contribution in [0.4, 0.5) is 0 Å². The average Bonchev–Trinajstić information content (AvgIpc) is 2.26. The molecule has 0 saturated carbocycles. The van der Waals surface area contributed by atoms with E-state index >= 15 is 0 Å². The fraction of sp³-hybridized carbons (Fsp3) is 0.0769. The van der Waals surface area contributed by atoms with Gasteiger partial charge in [0, 0.05) is 0 Å². The summed E-state index contributed by atoms with van der Waals surface area (Å²) in [4.78, 5) is 0. The van der Waals surface area contributed by atoms with Gasteiger partial charge in [-0.3, -0.25) is 0 Å². The molecule has 0 aliphatic heterocycles. The quantitative estimate of drug-likeness (QED) is 0.681. The summed E-state index contributed by atoms with van der Waals surface area (Å²) in [6, 6.07) is 14.3. The minimum atomic E-state index is -0.163. The Hall–Kier alpha value is -1.60. The SMILES string of the molecule is [O]CC=Cc1cccc2ccccc12. The van der Waals surface area contributed by atoms with E-state index in [0.717, 1.165) is 5.56 Å². The third-order valence-corrected chi connectivity index (χ3v) is 2.22. The molecule has 2 aromatic carbocycles. The molecule has 1 heteroatoms. The number of rotatable bonds is 2. The number of fused-ring (bicyclic) bond motifs is 1. The Morgan fingerprint density at radius 1 is 1.00 bits per heavy atom. The van der Waals surface area contributed by atoms with Crippen LogP contribution in [0.2, 0.25) is 0 Å². The lowest BCUT2D eigenvalue weighted by Crippen LogP contribution is -1.78. The summed E-state index contributed by atoms with van der Waals surface area (Å²) in [7, 11) is 0. The van der Waals surface area contributed by atoms with E-state index in [1.807, 2.05) is 30.3 Å². The first-order valence-corrected chi connectivity index (χ1v) is 4.64. The van der Waals surface area contributed by atoms with Crippen molar-refractivity contribution in [2.75, 3.05) is 6.61 Å². The highest BCUT2D eigenvalue weighted by Gasteiger charge is 1.95. The topological polar surface area (TPSA) is 19.9 Å². The van der Waals surface area contributed by atoms with Gasteiger partial charge in [-0.25, -0.2) is 5.11 Å². The Labute approximate surface area is 83.3 Å². The smallest absolute Gasteiger partial charge is 0.101 e. The molecule has 0 fully saturated rings. The van der Waals surface area contributed by atoms with Crippen LogP contribution >= 0.6 is 0 Å². The van der Waals surface area contributed by atoms with Crippen molar-refractivity contribution in [3.8, 4) is 0 Å². The molecular weight excluding hydrogens is 172 g/mol. The first-order chi connectivity index (χ1) is 6.92. The van der Waals surface area contributed by atoms with Crippen LogP contribution in [0.5, 0.6) is 0 Å². The van der Waals surface area contributed by atoms with E-state index in [9.17, 15) is 5.11 Å². The molecule has 0 atom stereocenters. The summed E-state index contributed by atoms with van der Waals surface area (Å²) < 4.78 is 0. The molecule has 1 nitrogen and oxygen atoms in total. The van der Waals surface area contributed by atoms with Gasteiger partial charge in [0.05, 0.1) is 0 Å². The molecule has 0 amide bonds. The lowest BCUT2D eigenvalue weighted by atomic mass is 10.0. The van der Waals surface area contributed by atoms with E-state index in [4.69, 9.17) is 0 Å². The average molecular weight is 183 g/mol. The van der Waals surface area contributed by atoms with Crippen LogP contribution in [0.1, 0.15) is 5.56 Å². The third-order valence-electron chi connectivity index (χ3n) is 2.22. The molecule has 0 aliphatic carbocycles. The van der Waals surface area contributed by atoms with Crippen molar-refractivity contribution in [1.29, 1.82) is 0 Å². The van der Waals surface area contributed by atoms with Crippen molar-refractivity contribution in [2.45, 2.75) is 0 Å². The van der Waals surface area contributed by atoms with Crippen LogP contribution in [-0.2, 0) is 5.11 Å². The zero-order chi connectivity index (χ0) is 9.80. The van der Waals surface area contributed by atoms with Crippen molar-refractivity contribution in [2.24, 2.45) is 0 Å². The van der Waals surface area contributed by atoms with Crippen LogP contribution in [0.25, 0.3) is 16.8 Å². The summed E-state index contributed by atoms with van der Waals surface area (Å²) in [5.41, 5.74) is 1.11. The van der Waals surface area contributed by atoms with Gasteiger partial charge in [-0.2, -0.15) is 0 Å². The van der Waals surface area contributed by atoms with Gasteiger partial charge in [0.15, 0.2) is 0 Å². The standard InChI is InChI=1S/C13H11O/c14-10-4-8-12-7-3-6-11-5-1-2-9-13(11)12/h1-9H,10H2. The van der Waals surface area contributed by atoms with Crippen molar-refractivity contribution in [3.05, 3.63) is 54.1 Å². The van der Waals surface area contributed by atoms with Gasteiger partial charge >= 0.3 is 0 Å². The van der Waals surface area contributed by atoms with E-state index in [1.54, 1.807) is 6.08 Å². The Morgan fingerprint density at radius 3 is 2.64 bits per heavy atom. The lowest BCUT2D eigenvalue weighted by molar-refractivity contribution is 0.233. The molecule has 0 heterocycles. The molecule has 2 rings (SSSR count). The minimum absolute atomic E-state index is 0.163. The normalized spacial score (nSPS) is 11.2. The second-order valence-corrected chi connectivity index (χ2v) is 3.14. The fourth-order valence-corrected chi connectivity index (χ4v) is 1.57. The van der Waals surface area contributed by atoms with E-state index in [-0.39, 0.29) is 6.61 Å². The molecule has 0 N–H and O–H groups in total. The van der Waals surface area contributed by atoms with Crippen LogP contribution in [0.15, 0.2) is 48.5 Å². The van der Waals surface area contributed by atoms with Crippen LogP contribution < -0.4 is 0 Å². The summed E-state index contributed by atoms with van der Waals surface area (Å²) >= 11 is 0. The summed E-state index contributed by atoms with van der Waals surface area (Å²) in [5.74, 6) is 0. The molecular formula is C13H11O. The first-order valence-electron chi connectivity index (χ1n) is 4.64. The summed E-state index contributed by atoms with van der Waals surface area (Å²) in [6.07, 6.45) is 3.52. The predicted molar refractivity (Wildman–Crippen MR) is 58.5 cm³/mol. The van der Waals surface area contributed by atoms with Gasteiger partial charge in [0.1, 0.15) is 6.61 Å². The molecule has 69 valence electrons. The maximum Gasteiger partial charge on any atom is 0.101 e. The number of hydrogen-bond acceptors (Lipinski definition) is 0. The minimum Gasteiger partial charge on any atom is -0.232 e. The number of benzene rings is 2. The van der Waals surface area contributed by atoms with Crippen LogP contribution in [0.3, 0.4) is 0 Å².